The molecule has 1 aliphatic rings. The molecule has 1 saturated heterocycles. The summed E-state index contributed by atoms with van der Waals surface area (Å²) in [5, 5.41) is 7.99. The first-order valence-electron chi connectivity index (χ1n) is 8.91. The summed E-state index contributed by atoms with van der Waals surface area (Å²) in [5.74, 6) is 0.839. The van der Waals surface area contributed by atoms with E-state index in [1.54, 1.807) is 11.3 Å². The number of rotatable bonds is 6. The molecule has 1 aliphatic heterocycles. The Bertz CT molecular complexity index is 682. The van der Waals surface area contributed by atoms with E-state index in [1.165, 1.54) is 36.4 Å². The monoisotopic (exact) mass is 485 g/mol. The molecule has 2 N–H and O–H groups in total. The lowest BCUT2D eigenvalue weighted by Gasteiger charge is -2.28. The SMILES string of the molecule is CN=C(NCc1cnc(C)s1)NCC(c1ccccc1)N1CCCC1.I. The molecule has 0 saturated carbocycles. The minimum atomic E-state index is 0. The molecule has 3 rings (SSSR count). The maximum atomic E-state index is 4.36. The number of thiazole rings is 1. The van der Waals surface area contributed by atoms with Gasteiger partial charge in [0.1, 0.15) is 0 Å². The molecular formula is C19H28IN5S. The van der Waals surface area contributed by atoms with Crippen molar-refractivity contribution >= 4 is 41.3 Å². The molecule has 5 nitrogen and oxygen atoms in total. The fraction of sp³-hybridized carbons (Fsp3) is 0.474. The fourth-order valence-corrected chi connectivity index (χ4v) is 3.99. The number of hydrogen-bond donors (Lipinski definition) is 2. The Morgan fingerprint density at radius 1 is 1.23 bits per heavy atom. The lowest BCUT2D eigenvalue weighted by Crippen LogP contribution is -2.42. The smallest absolute Gasteiger partial charge is 0.191 e. The van der Waals surface area contributed by atoms with Crippen LogP contribution in [-0.2, 0) is 6.54 Å². The predicted molar refractivity (Wildman–Crippen MR) is 120 cm³/mol. The summed E-state index contributed by atoms with van der Waals surface area (Å²) in [4.78, 5) is 12.5. The second-order valence-electron chi connectivity index (χ2n) is 6.32. The first-order valence-corrected chi connectivity index (χ1v) is 9.72. The molecule has 26 heavy (non-hydrogen) atoms. The summed E-state index contributed by atoms with van der Waals surface area (Å²) in [6.07, 6.45) is 4.51. The number of guanidine groups is 1. The van der Waals surface area contributed by atoms with Gasteiger partial charge >= 0.3 is 0 Å². The summed E-state index contributed by atoms with van der Waals surface area (Å²) in [7, 11) is 1.82. The van der Waals surface area contributed by atoms with Crippen molar-refractivity contribution in [2.75, 3.05) is 26.7 Å². The van der Waals surface area contributed by atoms with Crippen molar-refractivity contribution in [2.45, 2.75) is 32.4 Å². The number of halogens is 1. The Morgan fingerprint density at radius 2 is 1.96 bits per heavy atom. The number of aliphatic imine (C=N–C) groups is 1. The van der Waals surface area contributed by atoms with E-state index in [0.717, 1.165) is 24.1 Å². The average molecular weight is 485 g/mol. The molecule has 1 fully saturated rings. The molecule has 1 aromatic heterocycles. The lowest BCUT2D eigenvalue weighted by atomic mass is 10.1. The van der Waals surface area contributed by atoms with E-state index in [2.05, 4.69) is 55.8 Å². The standard InChI is InChI=1S/C19H27N5S.HI/c1-15-21-12-17(25-15)13-22-19(20-2)23-14-18(24-10-6-7-11-24)16-8-4-3-5-9-16;/h3-5,8-9,12,18H,6-7,10-11,13-14H2,1-2H3,(H2,20,22,23);1H. The van der Waals surface area contributed by atoms with E-state index >= 15 is 0 Å². The molecule has 0 spiro atoms. The van der Waals surface area contributed by atoms with E-state index in [4.69, 9.17) is 0 Å². The van der Waals surface area contributed by atoms with E-state index < -0.39 is 0 Å². The molecule has 7 heteroatoms. The number of benzene rings is 1. The predicted octanol–water partition coefficient (Wildman–Crippen LogP) is 3.57. The highest BCUT2D eigenvalue weighted by molar-refractivity contribution is 14.0. The van der Waals surface area contributed by atoms with Crippen LogP contribution >= 0.6 is 35.3 Å². The third kappa shape index (κ3) is 5.92. The molecule has 1 aromatic carbocycles. The van der Waals surface area contributed by atoms with Gasteiger partial charge in [-0.1, -0.05) is 30.3 Å². The van der Waals surface area contributed by atoms with Crippen LogP contribution in [0.15, 0.2) is 41.5 Å². The molecule has 2 heterocycles. The maximum absolute atomic E-state index is 4.36. The summed E-state index contributed by atoms with van der Waals surface area (Å²) in [5.41, 5.74) is 1.37. The number of hydrogen-bond acceptors (Lipinski definition) is 4. The van der Waals surface area contributed by atoms with Crippen LogP contribution in [0.5, 0.6) is 0 Å². The van der Waals surface area contributed by atoms with Crippen LogP contribution in [0, 0.1) is 6.92 Å². The molecule has 2 aromatic rings. The van der Waals surface area contributed by atoms with Gasteiger partial charge in [-0.2, -0.15) is 0 Å². The van der Waals surface area contributed by atoms with Crippen LogP contribution < -0.4 is 10.6 Å². The van der Waals surface area contributed by atoms with Gasteiger partial charge in [-0.25, -0.2) is 4.98 Å². The quantitative estimate of drug-likeness (QED) is 0.373. The van der Waals surface area contributed by atoms with Gasteiger partial charge in [0, 0.05) is 24.7 Å². The van der Waals surface area contributed by atoms with Crippen LogP contribution in [0.4, 0.5) is 0 Å². The summed E-state index contributed by atoms with van der Waals surface area (Å²) >= 11 is 1.72. The van der Waals surface area contributed by atoms with Crippen molar-refractivity contribution in [3.63, 3.8) is 0 Å². The second kappa shape index (κ2) is 10.8. The van der Waals surface area contributed by atoms with Gasteiger partial charge in [0.25, 0.3) is 0 Å². The summed E-state index contributed by atoms with van der Waals surface area (Å²) in [6.45, 7) is 5.98. The Morgan fingerprint density at radius 3 is 2.58 bits per heavy atom. The molecule has 1 atom stereocenters. The van der Waals surface area contributed by atoms with Gasteiger partial charge in [-0.15, -0.1) is 35.3 Å². The molecule has 1 unspecified atom stereocenters. The number of nitrogens with one attached hydrogen (secondary N) is 2. The van der Waals surface area contributed by atoms with Crippen LogP contribution in [0.25, 0.3) is 0 Å². The Balaban J connectivity index is 0.00000243. The van der Waals surface area contributed by atoms with E-state index in [9.17, 15) is 0 Å². The minimum Gasteiger partial charge on any atom is -0.354 e. The van der Waals surface area contributed by atoms with Crippen molar-refractivity contribution in [1.82, 2.24) is 20.5 Å². The Labute approximate surface area is 177 Å². The molecule has 142 valence electrons. The third-order valence-electron chi connectivity index (χ3n) is 4.55. The highest BCUT2D eigenvalue weighted by atomic mass is 127. The number of aromatic nitrogens is 1. The van der Waals surface area contributed by atoms with Crippen molar-refractivity contribution in [3.8, 4) is 0 Å². The maximum Gasteiger partial charge on any atom is 0.191 e. The zero-order chi connectivity index (χ0) is 17.5. The zero-order valence-corrected chi connectivity index (χ0v) is 18.6. The highest BCUT2D eigenvalue weighted by Crippen LogP contribution is 2.24. The lowest BCUT2D eigenvalue weighted by molar-refractivity contribution is 0.245. The summed E-state index contributed by atoms with van der Waals surface area (Å²) < 4.78 is 0. The van der Waals surface area contributed by atoms with Gasteiger partial charge in [0.15, 0.2) is 5.96 Å². The van der Waals surface area contributed by atoms with Crippen molar-refractivity contribution in [2.24, 2.45) is 4.99 Å². The van der Waals surface area contributed by atoms with Crippen molar-refractivity contribution in [1.29, 1.82) is 0 Å². The van der Waals surface area contributed by atoms with Crippen LogP contribution in [0.2, 0.25) is 0 Å². The second-order valence-corrected chi connectivity index (χ2v) is 7.64. The van der Waals surface area contributed by atoms with Gasteiger partial charge in [-0.3, -0.25) is 9.89 Å². The van der Waals surface area contributed by atoms with Gasteiger partial charge < -0.3 is 10.6 Å². The Kier molecular flexibility index (Phi) is 8.80. The Hall–Kier alpha value is -1.19. The fourth-order valence-electron chi connectivity index (χ4n) is 3.26. The van der Waals surface area contributed by atoms with E-state index in [0.29, 0.717) is 6.04 Å². The van der Waals surface area contributed by atoms with Crippen molar-refractivity contribution in [3.05, 3.63) is 52.0 Å². The number of nitrogens with zero attached hydrogens (tertiary/aromatic N) is 3. The molecule has 0 radical (unpaired) electrons. The summed E-state index contributed by atoms with van der Waals surface area (Å²) in [6, 6.07) is 11.2. The largest absolute Gasteiger partial charge is 0.354 e. The third-order valence-corrected chi connectivity index (χ3v) is 5.46. The van der Waals surface area contributed by atoms with Crippen LogP contribution in [0.1, 0.15) is 34.3 Å². The topological polar surface area (TPSA) is 52.6 Å². The first kappa shape index (κ1) is 21.1. The van der Waals surface area contributed by atoms with Crippen LogP contribution in [-0.4, -0.2) is 42.5 Å². The van der Waals surface area contributed by atoms with Crippen LogP contribution in [0.3, 0.4) is 0 Å². The van der Waals surface area contributed by atoms with Gasteiger partial charge in [-0.05, 0) is 38.4 Å². The minimum absolute atomic E-state index is 0. The number of likely N-dealkylation sites (tertiary alicyclic amines) is 1. The molecule has 0 amide bonds. The van der Waals surface area contributed by atoms with Gasteiger partial charge in [0.05, 0.1) is 17.6 Å². The average Bonchev–Trinajstić information content (AvgIpc) is 3.31. The molecule has 0 bridgehead atoms. The van der Waals surface area contributed by atoms with E-state index in [-0.39, 0.29) is 24.0 Å². The first-order chi connectivity index (χ1) is 12.3. The number of aryl methyl sites for hydroxylation is 1. The van der Waals surface area contributed by atoms with Crippen molar-refractivity contribution < 1.29 is 0 Å². The zero-order valence-electron chi connectivity index (χ0n) is 15.4. The highest BCUT2D eigenvalue weighted by Gasteiger charge is 2.23. The van der Waals surface area contributed by atoms with Gasteiger partial charge in [0.2, 0.25) is 0 Å². The molecular weight excluding hydrogens is 457 g/mol. The van der Waals surface area contributed by atoms with E-state index in [1.807, 2.05) is 20.2 Å². The normalized spacial score (nSPS) is 16.2. The molecule has 0 aliphatic carbocycles.